The first-order valence-corrected chi connectivity index (χ1v) is 8.65. The lowest BCUT2D eigenvalue weighted by Crippen LogP contribution is -2.19. The van der Waals surface area contributed by atoms with Crippen molar-refractivity contribution in [2.24, 2.45) is 5.73 Å². The number of benzene rings is 1. The Balaban J connectivity index is 2.20. The monoisotopic (exact) mass is 362 g/mol. The van der Waals surface area contributed by atoms with E-state index in [1.807, 2.05) is 13.8 Å². The largest absolute Gasteiger partial charge is 0.493 e. The van der Waals surface area contributed by atoms with E-state index in [0.29, 0.717) is 28.5 Å². The average molecular weight is 362 g/mol. The standard InChI is InChI=1S/C18H22N2O4S/c1-5-12-10(2)25-18(16(12)17(19)22)20-15(21)9-11-6-7-13(23-3)14(8-11)24-4/h6-8H,5,9H2,1-4H3,(H2,19,22)(H,20,21). The molecule has 0 unspecified atom stereocenters. The molecule has 0 saturated carbocycles. The summed E-state index contributed by atoms with van der Waals surface area (Å²) < 4.78 is 10.4. The predicted octanol–water partition coefficient (Wildman–Crippen LogP) is 2.92. The molecule has 3 N–H and O–H groups in total. The van der Waals surface area contributed by atoms with Gasteiger partial charge in [0.25, 0.3) is 5.91 Å². The Hall–Kier alpha value is -2.54. The molecule has 2 amide bonds. The first kappa shape index (κ1) is 18.8. The van der Waals surface area contributed by atoms with Crippen molar-refractivity contribution in [2.75, 3.05) is 19.5 Å². The van der Waals surface area contributed by atoms with Gasteiger partial charge in [-0.3, -0.25) is 9.59 Å². The van der Waals surface area contributed by atoms with Gasteiger partial charge in [-0.2, -0.15) is 0 Å². The normalized spacial score (nSPS) is 10.4. The highest BCUT2D eigenvalue weighted by Gasteiger charge is 2.20. The van der Waals surface area contributed by atoms with Crippen LogP contribution in [0.2, 0.25) is 0 Å². The first-order valence-electron chi connectivity index (χ1n) is 7.84. The molecular weight excluding hydrogens is 340 g/mol. The van der Waals surface area contributed by atoms with E-state index in [1.165, 1.54) is 11.3 Å². The van der Waals surface area contributed by atoms with E-state index < -0.39 is 5.91 Å². The van der Waals surface area contributed by atoms with Gasteiger partial charge in [-0.1, -0.05) is 13.0 Å². The molecule has 134 valence electrons. The fourth-order valence-electron chi connectivity index (χ4n) is 2.70. The number of thiophene rings is 1. The Morgan fingerprint density at radius 1 is 1.20 bits per heavy atom. The van der Waals surface area contributed by atoms with Gasteiger partial charge < -0.3 is 20.5 Å². The topological polar surface area (TPSA) is 90.7 Å². The molecule has 0 saturated heterocycles. The van der Waals surface area contributed by atoms with Crippen LogP contribution in [-0.4, -0.2) is 26.0 Å². The van der Waals surface area contributed by atoms with Crippen molar-refractivity contribution >= 4 is 28.2 Å². The van der Waals surface area contributed by atoms with E-state index in [2.05, 4.69) is 5.32 Å². The first-order chi connectivity index (χ1) is 11.9. The van der Waals surface area contributed by atoms with E-state index in [4.69, 9.17) is 15.2 Å². The maximum Gasteiger partial charge on any atom is 0.251 e. The zero-order valence-corrected chi connectivity index (χ0v) is 15.6. The fraction of sp³-hybridized carbons (Fsp3) is 0.333. The molecular formula is C18H22N2O4S. The van der Waals surface area contributed by atoms with Gasteiger partial charge in [0, 0.05) is 4.88 Å². The number of aryl methyl sites for hydroxylation is 1. The number of carbonyl (C=O) groups is 2. The summed E-state index contributed by atoms with van der Waals surface area (Å²) in [7, 11) is 3.10. The maximum atomic E-state index is 12.4. The molecule has 0 atom stereocenters. The maximum absolute atomic E-state index is 12.4. The Kier molecular flexibility index (Phi) is 6.03. The molecule has 7 heteroatoms. The summed E-state index contributed by atoms with van der Waals surface area (Å²) in [5.41, 5.74) is 7.56. The van der Waals surface area contributed by atoms with Crippen LogP contribution in [0.25, 0.3) is 0 Å². The van der Waals surface area contributed by atoms with Gasteiger partial charge in [-0.15, -0.1) is 11.3 Å². The smallest absolute Gasteiger partial charge is 0.251 e. The molecule has 1 aromatic carbocycles. The highest BCUT2D eigenvalue weighted by atomic mass is 32.1. The van der Waals surface area contributed by atoms with Crippen LogP contribution >= 0.6 is 11.3 Å². The number of ether oxygens (including phenoxy) is 2. The lowest BCUT2D eigenvalue weighted by Gasteiger charge is -2.10. The number of methoxy groups -OCH3 is 2. The highest BCUT2D eigenvalue weighted by Crippen LogP contribution is 2.33. The van der Waals surface area contributed by atoms with Crippen molar-refractivity contribution in [3.05, 3.63) is 39.8 Å². The highest BCUT2D eigenvalue weighted by molar-refractivity contribution is 7.16. The van der Waals surface area contributed by atoms with Crippen molar-refractivity contribution < 1.29 is 19.1 Å². The molecule has 2 rings (SSSR count). The predicted molar refractivity (Wildman–Crippen MR) is 98.8 cm³/mol. The van der Waals surface area contributed by atoms with Gasteiger partial charge in [0.05, 0.1) is 26.2 Å². The lowest BCUT2D eigenvalue weighted by atomic mass is 10.1. The Morgan fingerprint density at radius 2 is 1.88 bits per heavy atom. The van der Waals surface area contributed by atoms with E-state index in [1.54, 1.807) is 32.4 Å². The van der Waals surface area contributed by atoms with Gasteiger partial charge in [0.15, 0.2) is 11.5 Å². The molecule has 0 aliphatic heterocycles. The molecule has 0 bridgehead atoms. The number of primary amides is 1. The molecule has 2 aromatic rings. The molecule has 25 heavy (non-hydrogen) atoms. The van der Waals surface area contributed by atoms with Gasteiger partial charge in [-0.25, -0.2) is 0 Å². The van der Waals surface area contributed by atoms with Crippen LogP contribution in [0.4, 0.5) is 5.00 Å². The second-order valence-corrected chi connectivity index (χ2v) is 6.70. The SMILES string of the molecule is CCc1c(C)sc(NC(=O)Cc2ccc(OC)c(OC)c2)c1C(N)=O. The van der Waals surface area contributed by atoms with Crippen molar-refractivity contribution in [3.63, 3.8) is 0 Å². The number of nitrogens with two attached hydrogens (primary N) is 1. The second kappa shape index (κ2) is 8.02. The van der Waals surface area contributed by atoms with E-state index >= 15 is 0 Å². The molecule has 0 fully saturated rings. The molecule has 0 spiro atoms. The molecule has 0 aliphatic carbocycles. The van der Waals surface area contributed by atoms with E-state index in [0.717, 1.165) is 16.0 Å². The van der Waals surface area contributed by atoms with Crippen molar-refractivity contribution in [3.8, 4) is 11.5 Å². The molecule has 0 radical (unpaired) electrons. The van der Waals surface area contributed by atoms with Crippen LogP contribution in [0.3, 0.4) is 0 Å². The quantitative estimate of drug-likeness (QED) is 0.792. The van der Waals surface area contributed by atoms with Crippen molar-refractivity contribution in [2.45, 2.75) is 26.7 Å². The van der Waals surface area contributed by atoms with Gasteiger partial charge in [-0.05, 0) is 36.6 Å². The third-order valence-electron chi connectivity index (χ3n) is 3.87. The van der Waals surface area contributed by atoms with Gasteiger partial charge >= 0.3 is 0 Å². The van der Waals surface area contributed by atoms with Crippen LogP contribution in [0, 0.1) is 6.92 Å². The number of carbonyl (C=O) groups excluding carboxylic acids is 2. The van der Waals surface area contributed by atoms with Gasteiger partial charge in [0.1, 0.15) is 5.00 Å². The molecule has 1 heterocycles. The summed E-state index contributed by atoms with van der Waals surface area (Å²) in [5, 5.41) is 3.32. The van der Waals surface area contributed by atoms with Crippen molar-refractivity contribution in [1.82, 2.24) is 0 Å². The summed E-state index contributed by atoms with van der Waals surface area (Å²) in [4.78, 5) is 25.1. The number of amides is 2. The van der Waals surface area contributed by atoms with Crippen molar-refractivity contribution in [1.29, 1.82) is 0 Å². The Bertz CT molecular complexity index is 799. The number of rotatable bonds is 7. The summed E-state index contributed by atoms with van der Waals surface area (Å²) in [5.74, 6) is 0.413. The molecule has 0 aliphatic rings. The lowest BCUT2D eigenvalue weighted by molar-refractivity contribution is -0.115. The van der Waals surface area contributed by atoms with Crippen LogP contribution in [0.5, 0.6) is 11.5 Å². The molecule has 1 aromatic heterocycles. The minimum atomic E-state index is -0.525. The zero-order chi connectivity index (χ0) is 18.6. The minimum Gasteiger partial charge on any atom is -0.493 e. The van der Waals surface area contributed by atoms with E-state index in [9.17, 15) is 9.59 Å². The number of anilines is 1. The average Bonchev–Trinajstić information content (AvgIpc) is 2.89. The Morgan fingerprint density at radius 3 is 2.44 bits per heavy atom. The van der Waals surface area contributed by atoms with Gasteiger partial charge in [0.2, 0.25) is 5.91 Å². The number of hydrogen-bond acceptors (Lipinski definition) is 5. The van der Waals surface area contributed by atoms with Crippen LogP contribution in [0.15, 0.2) is 18.2 Å². The van der Waals surface area contributed by atoms with Crippen LogP contribution < -0.4 is 20.5 Å². The Labute approximate surface area is 150 Å². The molecule has 6 nitrogen and oxygen atoms in total. The minimum absolute atomic E-state index is 0.150. The number of hydrogen-bond donors (Lipinski definition) is 2. The summed E-state index contributed by atoms with van der Waals surface area (Å²) >= 11 is 1.37. The second-order valence-electron chi connectivity index (χ2n) is 5.47. The third kappa shape index (κ3) is 4.11. The summed E-state index contributed by atoms with van der Waals surface area (Å²) in [6, 6.07) is 5.30. The zero-order valence-electron chi connectivity index (χ0n) is 14.8. The third-order valence-corrected chi connectivity index (χ3v) is 4.94. The van der Waals surface area contributed by atoms with E-state index in [-0.39, 0.29) is 12.3 Å². The van der Waals surface area contributed by atoms with Crippen LogP contribution in [0.1, 0.15) is 33.3 Å². The summed E-state index contributed by atoms with van der Waals surface area (Å²) in [6.07, 6.45) is 0.836. The summed E-state index contributed by atoms with van der Waals surface area (Å²) in [6.45, 7) is 3.87. The van der Waals surface area contributed by atoms with Crippen LogP contribution in [-0.2, 0) is 17.6 Å². The fourth-order valence-corrected chi connectivity index (χ4v) is 3.87. The number of nitrogens with one attached hydrogen (secondary N) is 1.